The smallest absolute Gasteiger partial charge is 0.227 e. The predicted molar refractivity (Wildman–Crippen MR) is 106 cm³/mol. The van der Waals surface area contributed by atoms with Gasteiger partial charge in [-0.2, -0.15) is 0 Å². The van der Waals surface area contributed by atoms with Crippen molar-refractivity contribution >= 4 is 28.1 Å². The predicted octanol–water partition coefficient (Wildman–Crippen LogP) is 4.01. The highest BCUT2D eigenvalue weighted by atomic mass is 32.1. The van der Waals surface area contributed by atoms with Gasteiger partial charge in [0.1, 0.15) is 5.01 Å². The lowest BCUT2D eigenvalue weighted by molar-refractivity contribution is -0.120. The summed E-state index contributed by atoms with van der Waals surface area (Å²) in [6, 6.07) is 16.3. The zero-order valence-electron chi connectivity index (χ0n) is 15.0. The number of para-hydroxylation sites is 1. The van der Waals surface area contributed by atoms with Crippen LogP contribution >= 0.6 is 11.3 Å². The Morgan fingerprint density at radius 1 is 1.04 bits per heavy atom. The Hall–Kier alpha value is -2.73. The van der Waals surface area contributed by atoms with Gasteiger partial charge >= 0.3 is 0 Å². The van der Waals surface area contributed by atoms with Gasteiger partial charge in [-0.3, -0.25) is 4.79 Å². The third-order valence-electron chi connectivity index (χ3n) is 4.09. The molecule has 0 saturated carbocycles. The Morgan fingerprint density at radius 2 is 1.77 bits per heavy atom. The summed E-state index contributed by atoms with van der Waals surface area (Å²) in [5.74, 6) is -0.0526. The summed E-state index contributed by atoms with van der Waals surface area (Å²) in [5, 5.41) is 15.8. The summed E-state index contributed by atoms with van der Waals surface area (Å²) >= 11 is 1.40. The molecule has 1 aromatic heterocycles. The fourth-order valence-corrected chi connectivity index (χ4v) is 3.25. The Labute approximate surface area is 157 Å². The maximum absolute atomic E-state index is 12.1. The van der Waals surface area contributed by atoms with Gasteiger partial charge in [0, 0.05) is 12.2 Å². The van der Waals surface area contributed by atoms with E-state index in [0.717, 1.165) is 23.2 Å². The number of rotatable bonds is 7. The van der Waals surface area contributed by atoms with Crippen molar-refractivity contribution in [1.29, 1.82) is 0 Å². The van der Waals surface area contributed by atoms with Crippen LogP contribution in [0, 0.1) is 6.92 Å². The van der Waals surface area contributed by atoms with Gasteiger partial charge in [-0.15, -0.1) is 10.2 Å². The molecule has 0 bridgehead atoms. The fraction of sp³-hybridized carbons (Fsp3) is 0.250. The van der Waals surface area contributed by atoms with Crippen molar-refractivity contribution in [2.45, 2.75) is 33.2 Å². The highest BCUT2D eigenvalue weighted by molar-refractivity contribution is 7.15. The first-order chi connectivity index (χ1) is 12.6. The molecule has 0 fully saturated rings. The quantitative estimate of drug-likeness (QED) is 0.663. The third kappa shape index (κ3) is 4.89. The number of nitrogens with zero attached hydrogens (tertiary/aromatic N) is 2. The Morgan fingerprint density at radius 3 is 2.50 bits per heavy atom. The zero-order chi connectivity index (χ0) is 18.4. The molecule has 5 nitrogen and oxygen atoms in total. The molecule has 2 N–H and O–H groups in total. The summed E-state index contributed by atoms with van der Waals surface area (Å²) in [4.78, 5) is 12.1. The molecule has 0 aliphatic carbocycles. The number of anilines is 2. The van der Waals surface area contributed by atoms with E-state index in [1.54, 1.807) is 0 Å². The van der Waals surface area contributed by atoms with Crippen molar-refractivity contribution in [2.75, 3.05) is 5.32 Å². The Balaban J connectivity index is 1.51. The van der Waals surface area contributed by atoms with E-state index in [4.69, 9.17) is 0 Å². The minimum atomic E-state index is -0.0526. The van der Waals surface area contributed by atoms with Crippen LogP contribution in [-0.2, 0) is 24.2 Å². The van der Waals surface area contributed by atoms with Gasteiger partial charge in [0.15, 0.2) is 0 Å². The monoisotopic (exact) mass is 366 g/mol. The average Bonchev–Trinajstić information content (AvgIpc) is 3.09. The number of benzene rings is 2. The highest BCUT2D eigenvalue weighted by Crippen LogP contribution is 2.23. The van der Waals surface area contributed by atoms with Crippen LogP contribution in [0.3, 0.4) is 0 Å². The van der Waals surface area contributed by atoms with Crippen LogP contribution in [0.15, 0.2) is 48.5 Å². The molecule has 0 radical (unpaired) electrons. The molecule has 3 aromatic rings. The van der Waals surface area contributed by atoms with E-state index in [1.807, 2.05) is 43.3 Å². The molecule has 0 atom stereocenters. The van der Waals surface area contributed by atoms with E-state index >= 15 is 0 Å². The maximum atomic E-state index is 12.1. The number of carbonyl (C=O) groups is 1. The van der Waals surface area contributed by atoms with Gasteiger partial charge in [0.05, 0.1) is 6.42 Å². The summed E-state index contributed by atoms with van der Waals surface area (Å²) in [6.07, 6.45) is 1.25. The van der Waals surface area contributed by atoms with E-state index in [-0.39, 0.29) is 12.3 Å². The molecule has 3 rings (SSSR count). The van der Waals surface area contributed by atoms with Crippen molar-refractivity contribution < 1.29 is 4.79 Å². The lowest BCUT2D eigenvalue weighted by atomic mass is 10.1. The van der Waals surface area contributed by atoms with Crippen molar-refractivity contribution in [3.63, 3.8) is 0 Å². The first kappa shape index (κ1) is 18.1. The van der Waals surface area contributed by atoms with Crippen LogP contribution in [0.2, 0.25) is 0 Å². The standard InChI is InChI=1S/C20H22N4OS/c1-3-15-8-10-16(11-9-15)13-21-18(25)12-19-23-24-20(26-19)22-17-7-5-4-6-14(17)2/h4-11H,3,12-13H2,1-2H3,(H,21,25)(H,22,24). The lowest BCUT2D eigenvalue weighted by Gasteiger charge is -2.05. The van der Waals surface area contributed by atoms with Crippen LogP contribution in [0.1, 0.15) is 28.6 Å². The number of hydrogen-bond acceptors (Lipinski definition) is 5. The minimum Gasteiger partial charge on any atom is -0.352 e. The van der Waals surface area contributed by atoms with Gasteiger partial charge in [0.2, 0.25) is 11.0 Å². The van der Waals surface area contributed by atoms with Gasteiger partial charge in [-0.1, -0.05) is 60.7 Å². The van der Waals surface area contributed by atoms with Crippen molar-refractivity contribution in [3.8, 4) is 0 Å². The topological polar surface area (TPSA) is 66.9 Å². The van der Waals surface area contributed by atoms with Crippen LogP contribution < -0.4 is 10.6 Å². The minimum absolute atomic E-state index is 0.0526. The first-order valence-corrected chi connectivity index (χ1v) is 9.45. The molecule has 6 heteroatoms. The molecule has 0 spiro atoms. The molecular weight excluding hydrogens is 344 g/mol. The molecule has 26 heavy (non-hydrogen) atoms. The van der Waals surface area contributed by atoms with Gasteiger partial charge < -0.3 is 10.6 Å². The molecule has 0 unspecified atom stereocenters. The second kappa shape index (κ2) is 8.58. The van der Waals surface area contributed by atoms with E-state index in [0.29, 0.717) is 16.7 Å². The van der Waals surface area contributed by atoms with Gasteiger partial charge in [-0.05, 0) is 36.1 Å². The van der Waals surface area contributed by atoms with Crippen molar-refractivity contribution in [3.05, 3.63) is 70.2 Å². The number of carbonyl (C=O) groups excluding carboxylic acids is 1. The van der Waals surface area contributed by atoms with Gasteiger partial charge in [-0.25, -0.2) is 0 Å². The fourth-order valence-electron chi connectivity index (χ4n) is 2.50. The maximum Gasteiger partial charge on any atom is 0.227 e. The second-order valence-corrected chi connectivity index (χ2v) is 7.13. The molecular formula is C20H22N4OS. The summed E-state index contributed by atoms with van der Waals surface area (Å²) in [7, 11) is 0. The first-order valence-electron chi connectivity index (χ1n) is 8.63. The van der Waals surface area contributed by atoms with Crippen molar-refractivity contribution in [1.82, 2.24) is 15.5 Å². The van der Waals surface area contributed by atoms with Crippen LogP contribution in [0.5, 0.6) is 0 Å². The molecule has 134 valence electrons. The number of amides is 1. The van der Waals surface area contributed by atoms with E-state index < -0.39 is 0 Å². The third-order valence-corrected chi connectivity index (χ3v) is 4.92. The molecule has 0 aliphatic rings. The summed E-state index contributed by atoms with van der Waals surface area (Å²) in [5.41, 5.74) is 4.52. The number of aromatic nitrogens is 2. The second-order valence-electron chi connectivity index (χ2n) is 6.06. The molecule has 0 saturated heterocycles. The number of nitrogens with one attached hydrogen (secondary N) is 2. The van der Waals surface area contributed by atoms with Crippen LogP contribution in [0.4, 0.5) is 10.8 Å². The molecule has 1 amide bonds. The molecule has 0 aliphatic heterocycles. The Bertz CT molecular complexity index is 874. The molecule has 2 aromatic carbocycles. The zero-order valence-corrected chi connectivity index (χ0v) is 15.8. The van der Waals surface area contributed by atoms with E-state index in [2.05, 4.69) is 39.9 Å². The van der Waals surface area contributed by atoms with Crippen molar-refractivity contribution in [2.24, 2.45) is 0 Å². The Kier molecular flexibility index (Phi) is 5.96. The number of aryl methyl sites for hydroxylation is 2. The van der Waals surface area contributed by atoms with E-state index in [1.165, 1.54) is 16.9 Å². The lowest BCUT2D eigenvalue weighted by Crippen LogP contribution is -2.24. The average molecular weight is 366 g/mol. The van der Waals surface area contributed by atoms with E-state index in [9.17, 15) is 4.79 Å². The highest BCUT2D eigenvalue weighted by Gasteiger charge is 2.10. The van der Waals surface area contributed by atoms with Gasteiger partial charge in [0.25, 0.3) is 0 Å². The molecule has 1 heterocycles. The summed E-state index contributed by atoms with van der Waals surface area (Å²) < 4.78 is 0. The SMILES string of the molecule is CCc1ccc(CNC(=O)Cc2nnc(Nc3ccccc3C)s2)cc1. The largest absolute Gasteiger partial charge is 0.352 e. The summed E-state index contributed by atoms with van der Waals surface area (Å²) in [6.45, 7) is 4.68. The normalized spacial score (nSPS) is 10.5. The number of hydrogen-bond donors (Lipinski definition) is 2. The van der Waals surface area contributed by atoms with Crippen LogP contribution in [-0.4, -0.2) is 16.1 Å². The van der Waals surface area contributed by atoms with Crippen LogP contribution in [0.25, 0.3) is 0 Å².